The Morgan fingerprint density at radius 1 is 1.11 bits per heavy atom. The molecule has 2 aromatic rings. The fourth-order valence-corrected chi connectivity index (χ4v) is 2.67. The van der Waals surface area contributed by atoms with Gasteiger partial charge in [0.05, 0.1) is 18.5 Å². The Balaban J connectivity index is 2.24. The molecule has 6 heteroatoms. The Kier molecular flexibility index (Phi) is 6.20. The highest BCUT2D eigenvalue weighted by Gasteiger charge is 2.25. The zero-order valence-electron chi connectivity index (χ0n) is 16.8. The van der Waals surface area contributed by atoms with E-state index in [0.29, 0.717) is 29.0 Å². The number of hydrogen-bond donors (Lipinski definition) is 1. The van der Waals surface area contributed by atoms with Crippen LogP contribution in [-0.2, 0) is 11.3 Å². The number of carbonyl (C=O) groups excluding carboxylic acids is 1. The Bertz CT molecular complexity index is 837. The average Bonchev–Trinajstić information content (AvgIpc) is 2.62. The number of aryl methyl sites for hydroxylation is 1. The van der Waals surface area contributed by atoms with Crippen molar-refractivity contribution in [3.05, 3.63) is 47.5 Å². The van der Waals surface area contributed by atoms with Gasteiger partial charge >= 0.3 is 0 Å². The van der Waals surface area contributed by atoms with E-state index in [0.717, 1.165) is 5.75 Å². The van der Waals surface area contributed by atoms with Gasteiger partial charge in [-0.05, 0) is 48.9 Å². The highest BCUT2D eigenvalue weighted by atomic mass is 16.5. The van der Waals surface area contributed by atoms with Crippen LogP contribution in [0.25, 0.3) is 0 Å². The van der Waals surface area contributed by atoms with Crippen LogP contribution in [-0.4, -0.2) is 30.1 Å². The lowest BCUT2D eigenvalue weighted by Gasteiger charge is -2.26. The van der Waals surface area contributed by atoms with Crippen molar-refractivity contribution >= 4 is 17.3 Å². The first-order valence-electron chi connectivity index (χ1n) is 8.75. The maximum atomic E-state index is 12.4. The third-order valence-corrected chi connectivity index (χ3v) is 4.11. The minimum atomic E-state index is -0.481. The molecule has 144 valence electrons. The van der Waals surface area contributed by atoms with Crippen LogP contribution in [0, 0.1) is 12.3 Å². The van der Waals surface area contributed by atoms with Crippen LogP contribution >= 0.6 is 0 Å². The van der Waals surface area contributed by atoms with Crippen LogP contribution in [0.5, 0.6) is 11.5 Å². The number of amides is 1. The highest BCUT2D eigenvalue weighted by Crippen LogP contribution is 2.31. The number of aromatic hydroxyl groups is 1. The van der Waals surface area contributed by atoms with Gasteiger partial charge in [-0.3, -0.25) is 4.79 Å². The van der Waals surface area contributed by atoms with E-state index in [-0.39, 0.29) is 11.7 Å². The maximum absolute atomic E-state index is 12.4. The first-order valence-corrected chi connectivity index (χ1v) is 8.75. The molecular weight excluding hydrogens is 342 g/mol. The first-order chi connectivity index (χ1) is 12.6. The molecule has 1 amide bonds. The van der Waals surface area contributed by atoms with Crippen molar-refractivity contribution in [2.45, 2.75) is 34.2 Å². The van der Waals surface area contributed by atoms with E-state index in [2.05, 4.69) is 10.2 Å². The van der Waals surface area contributed by atoms with E-state index in [4.69, 9.17) is 4.74 Å². The summed E-state index contributed by atoms with van der Waals surface area (Å²) >= 11 is 0. The lowest BCUT2D eigenvalue weighted by atomic mass is 9.94. The number of benzene rings is 2. The maximum Gasteiger partial charge on any atom is 0.227 e. The van der Waals surface area contributed by atoms with Crippen molar-refractivity contribution in [1.29, 1.82) is 0 Å². The van der Waals surface area contributed by atoms with Crippen molar-refractivity contribution in [3.8, 4) is 11.5 Å². The lowest BCUT2D eigenvalue weighted by molar-refractivity contribution is -0.138. The standard InChI is InChI=1S/C21H27N3O3/c1-14-11-17(23-22-16-7-9-18(27-6)10-8-16)12-15(19(14)25)13-24(5)20(26)21(2,3)4/h7-12,25H,13H2,1-6H3. The number of carbonyl (C=O) groups is 1. The van der Waals surface area contributed by atoms with Gasteiger partial charge in [-0.15, -0.1) is 0 Å². The molecule has 0 aliphatic carbocycles. The van der Waals surface area contributed by atoms with Crippen LogP contribution in [0.2, 0.25) is 0 Å². The molecule has 2 rings (SSSR count). The average molecular weight is 369 g/mol. The number of azo groups is 1. The van der Waals surface area contributed by atoms with Crippen molar-refractivity contribution in [1.82, 2.24) is 4.90 Å². The summed E-state index contributed by atoms with van der Waals surface area (Å²) in [5.74, 6) is 0.931. The van der Waals surface area contributed by atoms with Gasteiger partial charge in [-0.2, -0.15) is 10.2 Å². The van der Waals surface area contributed by atoms with E-state index < -0.39 is 5.41 Å². The van der Waals surface area contributed by atoms with E-state index >= 15 is 0 Å². The molecule has 0 heterocycles. The lowest BCUT2D eigenvalue weighted by Crippen LogP contribution is -2.36. The highest BCUT2D eigenvalue weighted by molar-refractivity contribution is 5.81. The monoisotopic (exact) mass is 369 g/mol. The molecule has 0 aliphatic rings. The first kappa shape index (κ1) is 20.4. The van der Waals surface area contributed by atoms with E-state index in [9.17, 15) is 9.90 Å². The number of nitrogens with zero attached hydrogens (tertiary/aromatic N) is 3. The van der Waals surface area contributed by atoms with Crippen LogP contribution in [0.1, 0.15) is 31.9 Å². The Morgan fingerprint density at radius 3 is 2.26 bits per heavy atom. The molecular formula is C21H27N3O3. The topological polar surface area (TPSA) is 74.5 Å². The normalized spacial score (nSPS) is 11.6. The molecule has 0 bridgehead atoms. The van der Waals surface area contributed by atoms with Gasteiger partial charge in [0.1, 0.15) is 11.5 Å². The largest absolute Gasteiger partial charge is 0.507 e. The number of rotatable bonds is 5. The molecule has 0 aromatic heterocycles. The second-order valence-corrected chi connectivity index (χ2v) is 7.58. The zero-order chi connectivity index (χ0) is 20.2. The molecule has 0 saturated carbocycles. The summed E-state index contributed by atoms with van der Waals surface area (Å²) in [6.07, 6.45) is 0. The van der Waals surface area contributed by atoms with Crippen molar-refractivity contribution in [2.24, 2.45) is 15.6 Å². The second kappa shape index (κ2) is 8.20. The van der Waals surface area contributed by atoms with E-state index in [1.165, 1.54) is 0 Å². The minimum Gasteiger partial charge on any atom is -0.507 e. The minimum absolute atomic E-state index is 0.00446. The van der Waals surface area contributed by atoms with Crippen LogP contribution in [0.3, 0.4) is 0 Å². The van der Waals surface area contributed by atoms with Gasteiger partial charge < -0.3 is 14.7 Å². The molecule has 1 N–H and O–H groups in total. The molecule has 0 saturated heterocycles. The molecule has 0 spiro atoms. The summed E-state index contributed by atoms with van der Waals surface area (Å²) in [7, 11) is 3.34. The molecule has 0 unspecified atom stereocenters. The van der Waals surface area contributed by atoms with Crippen molar-refractivity contribution < 1.29 is 14.6 Å². The van der Waals surface area contributed by atoms with Gasteiger partial charge in [0.2, 0.25) is 5.91 Å². The summed E-state index contributed by atoms with van der Waals surface area (Å²) in [4.78, 5) is 14.0. The fraction of sp³-hybridized carbons (Fsp3) is 0.381. The number of methoxy groups -OCH3 is 1. The summed E-state index contributed by atoms with van der Waals surface area (Å²) in [6, 6.07) is 10.8. The second-order valence-electron chi connectivity index (χ2n) is 7.58. The van der Waals surface area contributed by atoms with Crippen LogP contribution < -0.4 is 4.74 Å². The van der Waals surface area contributed by atoms with Gasteiger partial charge in [-0.25, -0.2) is 0 Å². The molecule has 0 aliphatic heterocycles. The fourth-order valence-electron chi connectivity index (χ4n) is 2.67. The third-order valence-electron chi connectivity index (χ3n) is 4.11. The number of phenols is 1. The SMILES string of the molecule is COc1ccc(N=Nc2cc(C)c(O)c(CN(C)C(=O)C(C)(C)C)c2)cc1. The molecule has 6 nitrogen and oxygen atoms in total. The number of phenolic OH excluding ortho intramolecular Hbond substituents is 1. The molecule has 0 atom stereocenters. The van der Waals surface area contributed by atoms with E-state index in [1.807, 2.05) is 45.0 Å². The predicted octanol–water partition coefficient (Wildman–Crippen LogP) is 5.13. The summed E-state index contributed by atoms with van der Waals surface area (Å²) in [5.41, 5.74) is 2.16. The van der Waals surface area contributed by atoms with Crippen LogP contribution in [0.4, 0.5) is 11.4 Å². The summed E-state index contributed by atoms with van der Waals surface area (Å²) < 4.78 is 5.12. The molecule has 0 radical (unpaired) electrons. The van der Waals surface area contributed by atoms with Gasteiger partial charge in [0.15, 0.2) is 0 Å². The molecule has 27 heavy (non-hydrogen) atoms. The summed E-state index contributed by atoms with van der Waals surface area (Å²) in [6.45, 7) is 7.72. The predicted molar refractivity (Wildman–Crippen MR) is 106 cm³/mol. The Morgan fingerprint density at radius 2 is 1.70 bits per heavy atom. The number of hydrogen-bond acceptors (Lipinski definition) is 5. The van der Waals surface area contributed by atoms with Gasteiger partial charge in [0, 0.05) is 24.6 Å². The van der Waals surface area contributed by atoms with Crippen LogP contribution in [0.15, 0.2) is 46.6 Å². The zero-order valence-corrected chi connectivity index (χ0v) is 16.8. The molecule has 0 fully saturated rings. The van der Waals surface area contributed by atoms with E-state index in [1.54, 1.807) is 38.1 Å². The van der Waals surface area contributed by atoms with Gasteiger partial charge in [-0.1, -0.05) is 20.8 Å². The van der Waals surface area contributed by atoms with Crippen molar-refractivity contribution in [3.63, 3.8) is 0 Å². The molecule has 2 aromatic carbocycles. The van der Waals surface area contributed by atoms with Crippen molar-refractivity contribution in [2.75, 3.05) is 14.2 Å². The number of ether oxygens (including phenoxy) is 1. The van der Waals surface area contributed by atoms with Gasteiger partial charge in [0.25, 0.3) is 0 Å². The quantitative estimate of drug-likeness (QED) is 0.743. The Labute approximate surface area is 160 Å². The smallest absolute Gasteiger partial charge is 0.227 e. The Hall–Kier alpha value is -2.89. The third kappa shape index (κ3) is 5.29. The summed E-state index contributed by atoms with van der Waals surface area (Å²) in [5, 5.41) is 18.9.